The zero-order valence-electron chi connectivity index (χ0n) is 19.2. The van der Waals surface area contributed by atoms with Crippen molar-refractivity contribution in [2.24, 2.45) is 5.73 Å². The number of nitrogens with zero attached hydrogens (tertiary/aromatic N) is 1. The van der Waals surface area contributed by atoms with Crippen molar-refractivity contribution in [2.75, 3.05) is 6.61 Å². The molecule has 4 rings (SSSR count). The van der Waals surface area contributed by atoms with Crippen LogP contribution >= 0.6 is 7.82 Å². The van der Waals surface area contributed by atoms with Gasteiger partial charge in [-0.05, 0) is 17.7 Å². The van der Waals surface area contributed by atoms with Crippen molar-refractivity contribution in [3.63, 3.8) is 0 Å². The van der Waals surface area contributed by atoms with Gasteiger partial charge in [-0.15, -0.1) is 0 Å². The average Bonchev–Trinajstić information content (AvgIpc) is 3.38. The molecular formula is C22H28KN3O11P+. The number of aliphatic hydroxyl groups is 2. The first kappa shape index (κ1) is 32.6. The van der Waals surface area contributed by atoms with E-state index in [0.717, 1.165) is 16.5 Å². The number of pyridine rings is 1. The third-order valence-corrected chi connectivity index (χ3v) is 6.02. The van der Waals surface area contributed by atoms with Gasteiger partial charge in [0.15, 0.2) is 18.5 Å². The number of aliphatic hydroxyl groups excluding tert-OH is 2. The number of carbonyl (C=O) groups is 2. The number of fused-ring (bicyclic) bond motifs is 1. The number of carboxylic acid groups (broad SMARTS) is 2. The molecule has 0 bridgehead atoms. The number of nitrogens with two attached hydrogens (primary N) is 1. The van der Waals surface area contributed by atoms with E-state index in [1.165, 1.54) is 29.1 Å². The molecule has 0 radical (unpaired) electrons. The number of phosphoric acid groups is 1. The van der Waals surface area contributed by atoms with Gasteiger partial charge in [0.05, 0.1) is 6.61 Å². The Labute approximate surface area is 258 Å². The van der Waals surface area contributed by atoms with Crippen LogP contribution in [0.1, 0.15) is 22.1 Å². The monoisotopic (exact) mass is 580 g/mol. The fraction of sp³-hybridized carbons (Fsp3) is 0.318. The van der Waals surface area contributed by atoms with Crippen LogP contribution in [-0.4, -0.2) is 129 Å². The van der Waals surface area contributed by atoms with E-state index >= 15 is 0 Å². The van der Waals surface area contributed by atoms with Gasteiger partial charge in [0.2, 0.25) is 0 Å². The molecule has 1 fully saturated rings. The standard InChI is InChI=1S/C11H12N2O2.C11H14NO9P.K.H/c12-9(11(14)15)5-7-6-13-10-4-2-1-3-8(7)10;13-8-7(5-20-22(17,18)19)21-10(9(8)14)12-3-1-2-6(4-12)11(15)16;;/h1-4,6,9,13H,5,12H2,(H,14,15);1-4,7-10,13-14H,5H2,(H2-,15,16,17,18,19);;/p+1/t;7-,8-,9-,10-;;/m.1../s1. The number of aromatic nitrogens is 2. The van der Waals surface area contributed by atoms with Crippen LogP contribution < -0.4 is 10.3 Å². The molecule has 38 heavy (non-hydrogen) atoms. The van der Waals surface area contributed by atoms with Crippen LogP contribution in [0.3, 0.4) is 0 Å². The number of aliphatic carboxylic acids is 1. The Morgan fingerprint density at radius 1 is 1.13 bits per heavy atom. The fourth-order valence-corrected chi connectivity index (χ4v) is 4.03. The van der Waals surface area contributed by atoms with Crippen molar-refractivity contribution in [2.45, 2.75) is 37.0 Å². The molecule has 3 aromatic rings. The summed E-state index contributed by atoms with van der Waals surface area (Å²) in [5, 5.41) is 38.5. The van der Waals surface area contributed by atoms with E-state index in [1.54, 1.807) is 0 Å². The summed E-state index contributed by atoms with van der Waals surface area (Å²) in [7, 11) is -4.73. The molecule has 16 heteroatoms. The molecular weight excluding hydrogens is 552 g/mol. The Bertz CT molecular complexity index is 1300. The summed E-state index contributed by atoms with van der Waals surface area (Å²) in [6.07, 6.45) is -0.355. The van der Waals surface area contributed by atoms with Gasteiger partial charge in [-0.2, -0.15) is 4.57 Å². The van der Waals surface area contributed by atoms with Crippen molar-refractivity contribution in [3.8, 4) is 0 Å². The summed E-state index contributed by atoms with van der Waals surface area (Å²) in [4.78, 5) is 41.9. The van der Waals surface area contributed by atoms with Crippen LogP contribution in [-0.2, 0) is 25.0 Å². The Hall–Kier alpha value is -1.56. The third kappa shape index (κ3) is 8.72. The van der Waals surface area contributed by atoms with Crippen molar-refractivity contribution < 1.29 is 58.2 Å². The van der Waals surface area contributed by atoms with Gasteiger partial charge in [-0.1, -0.05) is 18.2 Å². The first-order chi connectivity index (χ1) is 17.4. The van der Waals surface area contributed by atoms with E-state index in [4.69, 9.17) is 30.5 Å². The summed E-state index contributed by atoms with van der Waals surface area (Å²) in [5.74, 6) is -2.15. The molecule has 5 atom stereocenters. The van der Waals surface area contributed by atoms with Gasteiger partial charge in [0, 0.05) is 29.6 Å². The number of phosphoric ester groups is 1. The van der Waals surface area contributed by atoms with Crippen molar-refractivity contribution in [1.82, 2.24) is 4.98 Å². The quantitative estimate of drug-likeness (QED) is 0.0898. The molecule has 3 heterocycles. The van der Waals surface area contributed by atoms with Crippen molar-refractivity contribution >= 4 is 82.0 Å². The average molecular weight is 581 g/mol. The van der Waals surface area contributed by atoms with Crippen LogP contribution in [0.2, 0.25) is 0 Å². The molecule has 0 saturated carbocycles. The van der Waals surface area contributed by atoms with Crippen molar-refractivity contribution in [3.05, 3.63) is 66.1 Å². The van der Waals surface area contributed by atoms with E-state index < -0.39 is 56.9 Å². The van der Waals surface area contributed by atoms with E-state index in [-0.39, 0.29) is 56.9 Å². The van der Waals surface area contributed by atoms with Crippen LogP contribution in [0.5, 0.6) is 0 Å². The number of benzene rings is 1. The number of aromatic amines is 1. The second-order valence-electron chi connectivity index (χ2n) is 8.19. The molecule has 0 aliphatic carbocycles. The Morgan fingerprint density at radius 3 is 2.45 bits per heavy atom. The first-order valence-corrected chi connectivity index (χ1v) is 12.4. The molecule has 0 amide bonds. The molecule has 0 spiro atoms. The zero-order chi connectivity index (χ0) is 27.3. The molecule has 1 aromatic carbocycles. The van der Waals surface area contributed by atoms with Crippen LogP contribution in [0, 0.1) is 0 Å². The van der Waals surface area contributed by atoms with Crippen LogP contribution in [0.25, 0.3) is 10.9 Å². The zero-order valence-corrected chi connectivity index (χ0v) is 20.1. The molecule has 1 aliphatic rings. The van der Waals surface area contributed by atoms with Gasteiger partial charge >= 0.3 is 71.1 Å². The first-order valence-electron chi connectivity index (χ1n) is 10.9. The van der Waals surface area contributed by atoms with Crippen LogP contribution in [0.15, 0.2) is 55.0 Å². The molecule has 9 N–H and O–H groups in total. The molecule has 14 nitrogen and oxygen atoms in total. The Balaban J connectivity index is 0.000000277. The van der Waals surface area contributed by atoms with E-state index in [9.17, 15) is 24.4 Å². The second kappa shape index (κ2) is 14.2. The predicted molar refractivity (Wildman–Crippen MR) is 132 cm³/mol. The van der Waals surface area contributed by atoms with E-state index in [2.05, 4.69) is 9.51 Å². The summed E-state index contributed by atoms with van der Waals surface area (Å²) >= 11 is 0. The number of ether oxygens (including phenoxy) is 1. The fourth-order valence-electron chi connectivity index (χ4n) is 3.69. The molecule has 1 aliphatic heterocycles. The van der Waals surface area contributed by atoms with Gasteiger partial charge in [0.25, 0.3) is 6.23 Å². The SMILES string of the molecule is NC(Cc1c[nH]c2ccccc12)C(=O)O.O=C(O)c1ccc[n+]([C@@H]2O[C@H](COP(=O)(O)O)[C@@H](O)[C@H]2O)c1.[KH]. The van der Waals surface area contributed by atoms with Gasteiger partial charge < -0.3 is 45.7 Å². The number of aromatic carboxylic acids is 1. The molecule has 1 unspecified atom stereocenters. The number of hydrogen-bond acceptors (Lipinski definition) is 8. The Kier molecular flexibility index (Phi) is 12.2. The Morgan fingerprint density at radius 2 is 1.82 bits per heavy atom. The van der Waals surface area contributed by atoms with Crippen molar-refractivity contribution in [1.29, 1.82) is 0 Å². The van der Waals surface area contributed by atoms with Gasteiger partial charge in [-0.25, -0.2) is 9.36 Å². The third-order valence-electron chi connectivity index (χ3n) is 5.54. The molecule has 2 aromatic heterocycles. The molecule has 202 valence electrons. The topological polar surface area (TPSA) is 237 Å². The predicted octanol–water partition coefficient (Wildman–Crippen LogP) is -1.13. The van der Waals surface area contributed by atoms with Gasteiger partial charge in [-0.3, -0.25) is 9.32 Å². The maximum absolute atomic E-state index is 10.9. The summed E-state index contributed by atoms with van der Waals surface area (Å²) < 4.78 is 21.4. The minimum absolute atomic E-state index is 0. The van der Waals surface area contributed by atoms with E-state index in [1.807, 2.05) is 30.5 Å². The van der Waals surface area contributed by atoms with Gasteiger partial charge in [0.1, 0.15) is 23.8 Å². The summed E-state index contributed by atoms with van der Waals surface area (Å²) in [6.45, 7) is -0.627. The molecule has 1 saturated heterocycles. The minimum atomic E-state index is -4.73. The second-order valence-corrected chi connectivity index (χ2v) is 9.43. The number of carboxylic acids is 2. The summed E-state index contributed by atoms with van der Waals surface area (Å²) in [5.41, 5.74) is 7.38. The van der Waals surface area contributed by atoms with E-state index in [0.29, 0.717) is 6.42 Å². The number of nitrogens with one attached hydrogen (secondary N) is 1. The number of H-pyrrole nitrogens is 1. The summed E-state index contributed by atoms with van der Waals surface area (Å²) in [6, 6.07) is 9.67. The number of para-hydroxylation sites is 1. The number of rotatable bonds is 8. The maximum atomic E-state index is 10.9. The number of hydrogen-bond donors (Lipinski definition) is 8. The normalized spacial score (nSPS) is 21.7. The van der Waals surface area contributed by atoms with Crippen LogP contribution in [0.4, 0.5) is 0 Å².